The molecule has 2 unspecified atom stereocenters. The van der Waals surface area contributed by atoms with Crippen LogP contribution in [0.3, 0.4) is 0 Å². The molecule has 0 radical (unpaired) electrons. The lowest BCUT2D eigenvalue weighted by Crippen LogP contribution is -2.26. The molecule has 2 N–H and O–H groups in total. The molecule has 1 aliphatic carbocycles. The molecular formula is C15H16BrNS. The first-order valence-electron chi connectivity index (χ1n) is 6.31. The molecule has 1 nitrogen and oxygen atoms in total. The van der Waals surface area contributed by atoms with Crippen molar-refractivity contribution in [3.63, 3.8) is 0 Å². The zero-order chi connectivity index (χ0) is 12.5. The fraction of sp³-hybridized carbons (Fsp3) is 0.333. The second kappa shape index (κ2) is 5.16. The van der Waals surface area contributed by atoms with Crippen molar-refractivity contribution < 1.29 is 0 Å². The molecule has 0 aliphatic heterocycles. The molecule has 18 heavy (non-hydrogen) atoms. The van der Waals surface area contributed by atoms with Crippen molar-refractivity contribution in [1.82, 2.24) is 0 Å². The predicted octanol–water partition coefficient (Wildman–Crippen LogP) is 4.32. The molecular weight excluding hydrogens is 306 g/mol. The van der Waals surface area contributed by atoms with Gasteiger partial charge in [0, 0.05) is 10.9 Å². The van der Waals surface area contributed by atoms with E-state index in [0.29, 0.717) is 5.92 Å². The summed E-state index contributed by atoms with van der Waals surface area (Å²) >= 11 is 5.28. The minimum atomic E-state index is 0.176. The number of halogens is 1. The highest BCUT2D eigenvalue weighted by atomic mass is 79.9. The highest BCUT2D eigenvalue weighted by Crippen LogP contribution is 2.36. The molecule has 1 aliphatic rings. The zero-order valence-corrected chi connectivity index (χ0v) is 12.5. The lowest BCUT2D eigenvalue weighted by Gasteiger charge is -2.28. The van der Waals surface area contributed by atoms with Crippen molar-refractivity contribution in [2.75, 3.05) is 0 Å². The molecule has 1 heterocycles. The highest BCUT2D eigenvalue weighted by molar-refractivity contribution is 9.11. The Morgan fingerprint density at radius 1 is 1.17 bits per heavy atom. The molecule has 3 heteroatoms. The minimum Gasteiger partial charge on any atom is -0.323 e. The quantitative estimate of drug-likeness (QED) is 0.876. The van der Waals surface area contributed by atoms with Gasteiger partial charge >= 0.3 is 0 Å². The Morgan fingerprint density at radius 2 is 1.94 bits per heavy atom. The fourth-order valence-electron chi connectivity index (χ4n) is 2.77. The Labute approximate surface area is 120 Å². The number of fused-ring (bicyclic) bond motifs is 1. The van der Waals surface area contributed by atoms with Gasteiger partial charge in [0.05, 0.1) is 3.79 Å². The van der Waals surface area contributed by atoms with Crippen LogP contribution in [0.4, 0.5) is 0 Å². The fourth-order valence-corrected chi connectivity index (χ4v) is 4.29. The molecule has 3 rings (SSSR count). The summed E-state index contributed by atoms with van der Waals surface area (Å²) in [5, 5.41) is 0. The minimum absolute atomic E-state index is 0.176. The SMILES string of the molecule is NC(c1ccc(Br)s1)C1CCc2ccccc2C1. The van der Waals surface area contributed by atoms with Crippen LogP contribution < -0.4 is 5.73 Å². The van der Waals surface area contributed by atoms with Crippen LogP contribution in [-0.2, 0) is 12.8 Å². The van der Waals surface area contributed by atoms with E-state index in [-0.39, 0.29) is 6.04 Å². The maximum absolute atomic E-state index is 6.43. The lowest BCUT2D eigenvalue weighted by atomic mass is 9.80. The third-order valence-electron chi connectivity index (χ3n) is 3.82. The number of thiophene rings is 1. The van der Waals surface area contributed by atoms with E-state index in [2.05, 4.69) is 52.3 Å². The van der Waals surface area contributed by atoms with E-state index in [0.717, 1.165) is 6.42 Å². The van der Waals surface area contributed by atoms with Gasteiger partial charge in [-0.15, -0.1) is 11.3 Å². The summed E-state index contributed by atoms with van der Waals surface area (Å²) in [6.07, 6.45) is 3.49. The first-order valence-corrected chi connectivity index (χ1v) is 7.92. The average Bonchev–Trinajstić information content (AvgIpc) is 2.84. The first kappa shape index (κ1) is 12.4. The number of hydrogen-bond acceptors (Lipinski definition) is 2. The van der Waals surface area contributed by atoms with Crippen LogP contribution >= 0.6 is 27.3 Å². The third kappa shape index (κ3) is 2.40. The Balaban J connectivity index is 1.79. The van der Waals surface area contributed by atoms with Gasteiger partial charge in [-0.1, -0.05) is 24.3 Å². The lowest BCUT2D eigenvalue weighted by molar-refractivity contribution is 0.386. The van der Waals surface area contributed by atoms with Gasteiger partial charge in [-0.3, -0.25) is 0 Å². The van der Waals surface area contributed by atoms with E-state index in [4.69, 9.17) is 5.73 Å². The van der Waals surface area contributed by atoms with Gasteiger partial charge in [0.15, 0.2) is 0 Å². The van der Waals surface area contributed by atoms with Crippen LogP contribution in [0.25, 0.3) is 0 Å². The van der Waals surface area contributed by atoms with Crippen LogP contribution in [0, 0.1) is 5.92 Å². The number of rotatable bonds is 2. The average molecular weight is 322 g/mol. The van der Waals surface area contributed by atoms with E-state index >= 15 is 0 Å². The molecule has 0 fully saturated rings. The molecule has 0 bridgehead atoms. The number of benzene rings is 1. The maximum Gasteiger partial charge on any atom is 0.0701 e. The Bertz CT molecular complexity index is 549. The number of nitrogens with two attached hydrogens (primary N) is 1. The largest absolute Gasteiger partial charge is 0.323 e. The monoisotopic (exact) mass is 321 g/mol. The van der Waals surface area contributed by atoms with Crippen LogP contribution in [-0.4, -0.2) is 0 Å². The summed E-state index contributed by atoms with van der Waals surface area (Å²) in [5.74, 6) is 0.574. The standard InChI is InChI=1S/C15H16BrNS/c16-14-8-7-13(18-14)15(17)12-6-5-10-3-1-2-4-11(10)9-12/h1-4,7-8,12,15H,5-6,9,17H2. The normalized spacial score (nSPS) is 20.4. The van der Waals surface area contributed by atoms with Crippen molar-refractivity contribution in [3.8, 4) is 0 Å². The third-order valence-corrected chi connectivity index (χ3v) is 5.54. The van der Waals surface area contributed by atoms with Crippen molar-refractivity contribution in [3.05, 3.63) is 56.2 Å². The summed E-state index contributed by atoms with van der Waals surface area (Å²) in [7, 11) is 0. The topological polar surface area (TPSA) is 26.0 Å². The van der Waals surface area contributed by atoms with Crippen molar-refractivity contribution >= 4 is 27.3 Å². The van der Waals surface area contributed by atoms with Gasteiger partial charge in [-0.25, -0.2) is 0 Å². The van der Waals surface area contributed by atoms with E-state index < -0.39 is 0 Å². The summed E-state index contributed by atoms with van der Waals surface area (Å²) in [4.78, 5) is 1.30. The van der Waals surface area contributed by atoms with E-state index in [9.17, 15) is 0 Å². The smallest absolute Gasteiger partial charge is 0.0701 e. The van der Waals surface area contributed by atoms with E-state index in [1.54, 1.807) is 11.3 Å². The van der Waals surface area contributed by atoms with Crippen molar-refractivity contribution in [1.29, 1.82) is 0 Å². The number of aryl methyl sites for hydroxylation is 1. The van der Waals surface area contributed by atoms with Crippen LogP contribution in [0.2, 0.25) is 0 Å². The molecule has 94 valence electrons. The molecule has 1 aromatic heterocycles. The van der Waals surface area contributed by atoms with Crippen molar-refractivity contribution in [2.24, 2.45) is 11.7 Å². The van der Waals surface area contributed by atoms with Crippen LogP contribution in [0.1, 0.15) is 28.5 Å². The molecule has 0 spiro atoms. The molecule has 2 aromatic rings. The summed E-state index contributed by atoms with van der Waals surface area (Å²) in [6.45, 7) is 0. The van der Waals surface area contributed by atoms with Gasteiger partial charge in [0.1, 0.15) is 0 Å². The molecule has 2 atom stereocenters. The summed E-state index contributed by atoms with van der Waals surface area (Å²) in [6, 6.07) is 13.2. The maximum atomic E-state index is 6.43. The second-order valence-electron chi connectivity index (χ2n) is 4.94. The van der Waals surface area contributed by atoms with Crippen LogP contribution in [0.15, 0.2) is 40.2 Å². The predicted molar refractivity (Wildman–Crippen MR) is 80.9 cm³/mol. The van der Waals surface area contributed by atoms with E-state index in [1.807, 2.05) is 0 Å². The van der Waals surface area contributed by atoms with Crippen molar-refractivity contribution in [2.45, 2.75) is 25.3 Å². The zero-order valence-electron chi connectivity index (χ0n) is 10.1. The molecule has 0 amide bonds. The second-order valence-corrected chi connectivity index (χ2v) is 7.43. The Morgan fingerprint density at radius 3 is 2.67 bits per heavy atom. The molecule has 0 saturated heterocycles. The Hall–Kier alpha value is -0.640. The Kier molecular flexibility index (Phi) is 3.55. The van der Waals surface area contributed by atoms with Gasteiger partial charge in [-0.05, 0) is 64.4 Å². The van der Waals surface area contributed by atoms with Gasteiger partial charge in [0.2, 0.25) is 0 Å². The molecule has 1 aromatic carbocycles. The van der Waals surface area contributed by atoms with E-state index in [1.165, 1.54) is 32.6 Å². The van der Waals surface area contributed by atoms with Crippen LogP contribution in [0.5, 0.6) is 0 Å². The van der Waals surface area contributed by atoms with Gasteiger partial charge in [-0.2, -0.15) is 0 Å². The number of hydrogen-bond donors (Lipinski definition) is 1. The van der Waals surface area contributed by atoms with Gasteiger partial charge < -0.3 is 5.73 Å². The first-order chi connectivity index (χ1) is 8.74. The molecule has 0 saturated carbocycles. The van der Waals surface area contributed by atoms with Gasteiger partial charge in [0.25, 0.3) is 0 Å². The summed E-state index contributed by atoms with van der Waals surface area (Å²) in [5.41, 5.74) is 9.42. The summed E-state index contributed by atoms with van der Waals surface area (Å²) < 4.78 is 1.17. The highest BCUT2D eigenvalue weighted by Gasteiger charge is 2.25.